The van der Waals surface area contributed by atoms with E-state index in [-0.39, 0.29) is 24.8 Å². The average molecular weight is 319 g/mol. The SMILES string of the molecule is CCCCC(=O)NCC(O)COc1cccc(C(F)(F)F)c1. The third-order valence-electron chi connectivity index (χ3n) is 2.90. The standard InChI is InChI=1S/C15H20F3NO3/c1-2-3-7-14(21)19-9-12(20)10-22-13-6-4-5-11(8-13)15(16,17)18/h4-6,8,12,20H,2-3,7,9-10H2,1H3,(H,19,21). The maximum atomic E-state index is 12.5. The van der Waals surface area contributed by atoms with Crippen LogP contribution in [-0.2, 0) is 11.0 Å². The van der Waals surface area contributed by atoms with Gasteiger partial charge in [-0.15, -0.1) is 0 Å². The fourth-order valence-corrected chi connectivity index (χ4v) is 1.67. The van der Waals surface area contributed by atoms with Crippen molar-refractivity contribution in [3.63, 3.8) is 0 Å². The van der Waals surface area contributed by atoms with Crippen molar-refractivity contribution in [2.24, 2.45) is 0 Å². The van der Waals surface area contributed by atoms with Crippen molar-refractivity contribution >= 4 is 5.91 Å². The molecular weight excluding hydrogens is 299 g/mol. The summed E-state index contributed by atoms with van der Waals surface area (Å²) in [5, 5.41) is 12.2. The first kappa shape index (κ1) is 18.3. The van der Waals surface area contributed by atoms with Crippen LogP contribution in [0.2, 0.25) is 0 Å². The number of rotatable bonds is 8. The Bertz CT molecular complexity index is 477. The number of carbonyl (C=O) groups is 1. The zero-order valence-electron chi connectivity index (χ0n) is 12.3. The van der Waals surface area contributed by atoms with Crippen molar-refractivity contribution in [3.05, 3.63) is 29.8 Å². The average Bonchev–Trinajstić information content (AvgIpc) is 2.48. The van der Waals surface area contributed by atoms with E-state index in [2.05, 4.69) is 5.32 Å². The van der Waals surface area contributed by atoms with Crippen molar-refractivity contribution in [2.75, 3.05) is 13.2 Å². The van der Waals surface area contributed by atoms with Crippen molar-refractivity contribution in [1.29, 1.82) is 0 Å². The normalized spacial score (nSPS) is 12.8. The Balaban J connectivity index is 2.38. The van der Waals surface area contributed by atoms with Gasteiger partial charge in [-0.05, 0) is 24.6 Å². The lowest BCUT2D eigenvalue weighted by atomic mass is 10.2. The molecule has 0 fully saturated rings. The number of aliphatic hydroxyl groups excluding tert-OH is 1. The van der Waals surface area contributed by atoms with Gasteiger partial charge in [-0.25, -0.2) is 0 Å². The molecule has 0 saturated carbocycles. The summed E-state index contributed by atoms with van der Waals surface area (Å²) < 4.78 is 42.7. The molecule has 7 heteroatoms. The van der Waals surface area contributed by atoms with Crippen LogP contribution < -0.4 is 10.1 Å². The van der Waals surface area contributed by atoms with Crippen LogP contribution in [-0.4, -0.2) is 30.3 Å². The van der Waals surface area contributed by atoms with Gasteiger partial charge >= 0.3 is 6.18 Å². The second kappa shape index (κ2) is 8.63. The molecule has 0 spiro atoms. The van der Waals surface area contributed by atoms with E-state index in [1.165, 1.54) is 12.1 Å². The number of unbranched alkanes of at least 4 members (excludes halogenated alkanes) is 1. The van der Waals surface area contributed by atoms with E-state index in [1.807, 2.05) is 6.92 Å². The molecule has 1 aromatic rings. The van der Waals surface area contributed by atoms with Crippen LogP contribution in [0.1, 0.15) is 31.7 Å². The van der Waals surface area contributed by atoms with Gasteiger partial charge in [-0.1, -0.05) is 19.4 Å². The Labute approximate surface area is 127 Å². The quantitative estimate of drug-likeness (QED) is 0.774. The molecule has 0 heterocycles. The second-order valence-corrected chi connectivity index (χ2v) is 4.90. The van der Waals surface area contributed by atoms with Gasteiger partial charge in [0.15, 0.2) is 0 Å². The molecule has 1 rings (SSSR count). The smallest absolute Gasteiger partial charge is 0.416 e. The molecule has 1 unspecified atom stereocenters. The first-order valence-electron chi connectivity index (χ1n) is 7.07. The molecule has 1 atom stereocenters. The van der Waals surface area contributed by atoms with Crippen LogP contribution >= 0.6 is 0 Å². The molecule has 0 radical (unpaired) electrons. The Morgan fingerprint density at radius 3 is 2.77 bits per heavy atom. The van der Waals surface area contributed by atoms with Crippen molar-refractivity contribution in [3.8, 4) is 5.75 Å². The zero-order chi connectivity index (χ0) is 16.6. The predicted molar refractivity (Wildman–Crippen MR) is 75.5 cm³/mol. The molecule has 1 aromatic carbocycles. The number of benzene rings is 1. The first-order valence-corrected chi connectivity index (χ1v) is 7.07. The van der Waals surface area contributed by atoms with Gasteiger partial charge in [0, 0.05) is 13.0 Å². The number of nitrogens with one attached hydrogen (secondary N) is 1. The van der Waals surface area contributed by atoms with Gasteiger partial charge in [0.25, 0.3) is 0 Å². The molecule has 2 N–H and O–H groups in total. The molecule has 0 bridgehead atoms. The van der Waals surface area contributed by atoms with E-state index in [0.29, 0.717) is 6.42 Å². The summed E-state index contributed by atoms with van der Waals surface area (Å²) in [6.07, 6.45) is -3.37. The van der Waals surface area contributed by atoms with Gasteiger partial charge in [-0.2, -0.15) is 13.2 Å². The fraction of sp³-hybridized carbons (Fsp3) is 0.533. The minimum atomic E-state index is -4.44. The predicted octanol–water partition coefficient (Wildman–Crippen LogP) is 2.75. The van der Waals surface area contributed by atoms with E-state index in [9.17, 15) is 23.1 Å². The summed E-state index contributed by atoms with van der Waals surface area (Å²) in [6.45, 7) is 1.77. The summed E-state index contributed by atoms with van der Waals surface area (Å²) >= 11 is 0. The highest BCUT2D eigenvalue weighted by molar-refractivity contribution is 5.75. The molecule has 0 aromatic heterocycles. The lowest BCUT2D eigenvalue weighted by molar-refractivity contribution is -0.137. The molecule has 1 amide bonds. The molecule has 0 aliphatic carbocycles. The number of ether oxygens (including phenoxy) is 1. The number of hydrogen-bond donors (Lipinski definition) is 2. The minimum absolute atomic E-state index is 0.00150. The second-order valence-electron chi connectivity index (χ2n) is 4.90. The third-order valence-corrected chi connectivity index (χ3v) is 2.90. The Morgan fingerprint density at radius 2 is 2.14 bits per heavy atom. The molecule has 4 nitrogen and oxygen atoms in total. The van der Waals surface area contributed by atoms with E-state index in [0.717, 1.165) is 25.0 Å². The highest BCUT2D eigenvalue weighted by atomic mass is 19.4. The largest absolute Gasteiger partial charge is 0.491 e. The van der Waals surface area contributed by atoms with Crippen molar-refractivity contribution in [1.82, 2.24) is 5.32 Å². The van der Waals surface area contributed by atoms with Gasteiger partial charge in [-0.3, -0.25) is 4.79 Å². The number of hydrogen-bond acceptors (Lipinski definition) is 3. The van der Waals surface area contributed by atoms with Crippen LogP contribution in [0.15, 0.2) is 24.3 Å². The zero-order valence-corrected chi connectivity index (χ0v) is 12.3. The maximum absolute atomic E-state index is 12.5. The van der Waals surface area contributed by atoms with Crippen LogP contribution in [0.4, 0.5) is 13.2 Å². The van der Waals surface area contributed by atoms with E-state index < -0.39 is 17.8 Å². The van der Waals surface area contributed by atoms with Gasteiger partial charge < -0.3 is 15.2 Å². The van der Waals surface area contributed by atoms with Crippen molar-refractivity contribution < 1.29 is 27.8 Å². The van der Waals surface area contributed by atoms with Gasteiger partial charge in [0.2, 0.25) is 5.91 Å². The van der Waals surface area contributed by atoms with E-state index >= 15 is 0 Å². The lowest BCUT2D eigenvalue weighted by Gasteiger charge is -2.14. The number of alkyl halides is 3. The molecule has 22 heavy (non-hydrogen) atoms. The Hall–Kier alpha value is -1.76. The van der Waals surface area contributed by atoms with E-state index in [1.54, 1.807) is 0 Å². The monoisotopic (exact) mass is 319 g/mol. The number of amides is 1. The van der Waals surface area contributed by atoms with Crippen LogP contribution in [0.3, 0.4) is 0 Å². The number of carbonyl (C=O) groups excluding carboxylic acids is 1. The summed E-state index contributed by atoms with van der Waals surface area (Å²) in [5.41, 5.74) is -0.813. The Kier molecular flexibility index (Phi) is 7.17. The lowest BCUT2D eigenvalue weighted by Crippen LogP contribution is -2.35. The molecular formula is C15H20F3NO3. The van der Waals surface area contributed by atoms with Gasteiger partial charge in [0.05, 0.1) is 5.56 Å². The minimum Gasteiger partial charge on any atom is -0.491 e. The molecule has 0 aliphatic heterocycles. The summed E-state index contributed by atoms with van der Waals surface area (Å²) in [7, 11) is 0. The van der Waals surface area contributed by atoms with Crippen molar-refractivity contribution in [2.45, 2.75) is 38.5 Å². The summed E-state index contributed by atoms with van der Waals surface area (Å²) in [5.74, 6) is -0.147. The summed E-state index contributed by atoms with van der Waals surface area (Å²) in [6, 6.07) is 4.42. The topological polar surface area (TPSA) is 58.6 Å². The first-order chi connectivity index (χ1) is 10.3. The molecule has 0 aliphatic rings. The fourth-order valence-electron chi connectivity index (χ4n) is 1.67. The number of aliphatic hydroxyl groups is 1. The van der Waals surface area contributed by atoms with Gasteiger partial charge in [0.1, 0.15) is 18.5 Å². The molecule has 0 saturated heterocycles. The summed E-state index contributed by atoms with van der Waals surface area (Å²) in [4.78, 5) is 11.3. The third kappa shape index (κ3) is 6.80. The Morgan fingerprint density at radius 1 is 1.41 bits per heavy atom. The highest BCUT2D eigenvalue weighted by Gasteiger charge is 2.30. The van der Waals surface area contributed by atoms with Crippen LogP contribution in [0.25, 0.3) is 0 Å². The van der Waals surface area contributed by atoms with E-state index in [4.69, 9.17) is 4.74 Å². The highest BCUT2D eigenvalue weighted by Crippen LogP contribution is 2.31. The van der Waals surface area contributed by atoms with Crippen LogP contribution in [0, 0.1) is 0 Å². The number of halogens is 3. The maximum Gasteiger partial charge on any atom is 0.416 e. The van der Waals surface area contributed by atoms with Crippen LogP contribution in [0.5, 0.6) is 5.75 Å². The molecule has 124 valence electrons.